The molecule has 2 aromatic heterocycles. The minimum absolute atomic E-state index is 0.676. The van der Waals surface area contributed by atoms with E-state index in [1.165, 1.54) is 0 Å². The third-order valence-electron chi connectivity index (χ3n) is 1.81. The Morgan fingerprint density at radius 2 is 2.43 bits per heavy atom. The number of thiazole rings is 1. The molecule has 0 saturated heterocycles. The Hall–Kier alpha value is -1.27. The van der Waals surface area contributed by atoms with Crippen LogP contribution >= 0.6 is 11.3 Å². The van der Waals surface area contributed by atoms with Gasteiger partial charge in [-0.25, -0.2) is 0 Å². The Kier molecular flexibility index (Phi) is 2.85. The highest BCUT2D eigenvalue weighted by atomic mass is 32.1. The van der Waals surface area contributed by atoms with E-state index in [0.29, 0.717) is 6.54 Å². The largest absolute Gasteiger partial charge is 0.330 e. The molecule has 2 heterocycles. The van der Waals surface area contributed by atoms with E-state index in [-0.39, 0.29) is 0 Å². The van der Waals surface area contributed by atoms with E-state index in [0.717, 1.165) is 23.5 Å². The maximum Gasteiger partial charge on any atom is 0.124 e. The number of nitrogens with two attached hydrogens (primary N) is 1. The first-order valence-electron chi connectivity index (χ1n) is 4.39. The summed E-state index contributed by atoms with van der Waals surface area (Å²) in [5.74, 6) is 0. The van der Waals surface area contributed by atoms with E-state index in [2.05, 4.69) is 15.3 Å². The van der Waals surface area contributed by atoms with Crippen molar-refractivity contribution in [2.45, 2.75) is 13.0 Å². The molecular formula is C8H11N5S. The zero-order chi connectivity index (χ0) is 9.80. The molecule has 0 amide bonds. The lowest BCUT2D eigenvalue weighted by Crippen LogP contribution is -2.06. The van der Waals surface area contributed by atoms with E-state index in [9.17, 15) is 0 Å². The smallest absolute Gasteiger partial charge is 0.124 e. The van der Waals surface area contributed by atoms with Gasteiger partial charge >= 0.3 is 0 Å². The van der Waals surface area contributed by atoms with Gasteiger partial charge in [-0.05, 0) is 13.0 Å². The van der Waals surface area contributed by atoms with Gasteiger partial charge in [-0.1, -0.05) is 5.21 Å². The summed E-state index contributed by atoms with van der Waals surface area (Å²) < 4.78 is 1.81. The van der Waals surface area contributed by atoms with Gasteiger partial charge in [0.25, 0.3) is 0 Å². The average molecular weight is 209 g/mol. The Morgan fingerprint density at radius 1 is 1.50 bits per heavy atom. The Morgan fingerprint density at radius 3 is 3.14 bits per heavy atom. The average Bonchev–Trinajstić information content (AvgIpc) is 2.85. The van der Waals surface area contributed by atoms with Crippen molar-refractivity contribution < 1.29 is 0 Å². The molecule has 5 nitrogen and oxygen atoms in total. The topological polar surface area (TPSA) is 69.6 Å². The van der Waals surface area contributed by atoms with Crippen LogP contribution in [-0.4, -0.2) is 26.5 Å². The SMILES string of the molecule is NCCCn1cc(-c2cncs2)nn1. The van der Waals surface area contributed by atoms with Crippen LogP contribution in [0, 0.1) is 0 Å². The third kappa shape index (κ3) is 1.97. The van der Waals surface area contributed by atoms with Gasteiger partial charge in [0.05, 0.1) is 16.6 Å². The molecule has 0 aliphatic heterocycles. The van der Waals surface area contributed by atoms with E-state index in [1.54, 1.807) is 23.0 Å². The van der Waals surface area contributed by atoms with Gasteiger partial charge in [-0.2, -0.15) is 0 Å². The summed E-state index contributed by atoms with van der Waals surface area (Å²) in [5, 5.41) is 8.05. The van der Waals surface area contributed by atoms with Gasteiger partial charge < -0.3 is 5.73 Å². The summed E-state index contributed by atoms with van der Waals surface area (Å²) in [6.07, 6.45) is 4.64. The lowest BCUT2D eigenvalue weighted by Gasteiger charge is -1.95. The van der Waals surface area contributed by atoms with Crippen LogP contribution in [0.4, 0.5) is 0 Å². The van der Waals surface area contributed by atoms with Crippen LogP contribution in [0.15, 0.2) is 17.9 Å². The fourth-order valence-corrected chi connectivity index (χ4v) is 1.69. The van der Waals surface area contributed by atoms with Gasteiger partial charge in [0.15, 0.2) is 0 Å². The van der Waals surface area contributed by atoms with E-state index >= 15 is 0 Å². The molecule has 0 atom stereocenters. The van der Waals surface area contributed by atoms with Crippen molar-refractivity contribution in [2.24, 2.45) is 5.73 Å². The van der Waals surface area contributed by atoms with Crippen LogP contribution in [-0.2, 0) is 6.54 Å². The molecule has 0 spiro atoms. The second kappa shape index (κ2) is 4.30. The fourth-order valence-electron chi connectivity index (χ4n) is 1.12. The van der Waals surface area contributed by atoms with Gasteiger partial charge in [0.2, 0.25) is 0 Å². The zero-order valence-corrected chi connectivity index (χ0v) is 8.44. The minimum Gasteiger partial charge on any atom is -0.330 e. The summed E-state index contributed by atoms with van der Waals surface area (Å²) in [6, 6.07) is 0. The summed E-state index contributed by atoms with van der Waals surface area (Å²) in [5.41, 5.74) is 8.07. The molecule has 0 fully saturated rings. The Balaban J connectivity index is 2.10. The van der Waals surface area contributed by atoms with Gasteiger partial charge in [-0.3, -0.25) is 9.67 Å². The Bertz CT molecular complexity index is 380. The lowest BCUT2D eigenvalue weighted by molar-refractivity contribution is 0.564. The zero-order valence-electron chi connectivity index (χ0n) is 7.63. The quantitative estimate of drug-likeness (QED) is 0.806. The molecule has 0 aromatic carbocycles. The Labute approximate surface area is 85.6 Å². The molecule has 0 aliphatic rings. The first-order chi connectivity index (χ1) is 6.90. The monoisotopic (exact) mass is 209 g/mol. The van der Waals surface area contributed by atoms with Crippen molar-refractivity contribution >= 4 is 11.3 Å². The van der Waals surface area contributed by atoms with Crippen LogP contribution in [0.5, 0.6) is 0 Å². The number of nitrogens with zero attached hydrogens (tertiary/aromatic N) is 4. The van der Waals surface area contributed by atoms with Crippen molar-refractivity contribution in [3.63, 3.8) is 0 Å². The van der Waals surface area contributed by atoms with Crippen molar-refractivity contribution in [3.05, 3.63) is 17.9 Å². The molecule has 14 heavy (non-hydrogen) atoms. The molecule has 2 rings (SSSR count). The molecule has 0 unspecified atom stereocenters. The predicted molar refractivity (Wildman–Crippen MR) is 54.8 cm³/mol. The van der Waals surface area contributed by atoms with E-state index < -0.39 is 0 Å². The number of aryl methyl sites for hydroxylation is 1. The van der Waals surface area contributed by atoms with Crippen LogP contribution in [0.2, 0.25) is 0 Å². The minimum atomic E-state index is 0.676. The van der Waals surface area contributed by atoms with Crippen molar-refractivity contribution in [3.8, 4) is 10.6 Å². The third-order valence-corrected chi connectivity index (χ3v) is 2.61. The molecule has 0 radical (unpaired) electrons. The maximum absolute atomic E-state index is 5.41. The van der Waals surface area contributed by atoms with Gasteiger partial charge in [0, 0.05) is 12.7 Å². The second-order valence-electron chi connectivity index (χ2n) is 2.87. The van der Waals surface area contributed by atoms with Crippen molar-refractivity contribution in [1.82, 2.24) is 20.0 Å². The van der Waals surface area contributed by atoms with Crippen molar-refractivity contribution in [2.75, 3.05) is 6.54 Å². The number of aromatic nitrogens is 4. The molecular weight excluding hydrogens is 198 g/mol. The second-order valence-corrected chi connectivity index (χ2v) is 3.76. The molecule has 0 aliphatic carbocycles. The highest BCUT2D eigenvalue weighted by Gasteiger charge is 2.04. The maximum atomic E-state index is 5.41. The van der Waals surface area contributed by atoms with Crippen LogP contribution in [0.3, 0.4) is 0 Å². The highest BCUT2D eigenvalue weighted by molar-refractivity contribution is 7.13. The van der Waals surface area contributed by atoms with Crippen LogP contribution in [0.25, 0.3) is 10.6 Å². The molecule has 2 N–H and O–H groups in total. The van der Waals surface area contributed by atoms with E-state index in [4.69, 9.17) is 5.73 Å². The molecule has 0 bridgehead atoms. The number of hydrogen-bond donors (Lipinski definition) is 1. The number of rotatable bonds is 4. The molecule has 74 valence electrons. The van der Waals surface area contributed by atoms with Crippen LogP contribution < -0.4 is 5.73 Å². The first kappa shape index (κ1) is 9.29. The lowest BCUT2D eigenvalue weighted by atomic mass is 10.4. The molecule has 6 heteroatoms. The number of hydrogen-bond acceptors (Lipinski definition) is 5. The van der Waals surface area contributed by atoms with Crippen molar-refractivity contribution in [1.29, 1.82) is 0 Å². The standard InChI is InChI=1S/C8H11N5S/c9-2-1-3-13-5-7(11-12-13)8-4-10-6-14-8/h4-6H,1-3,9H2. The summed E-state index contributed by atoms with van der Waals surface area (Å²) in [4.78, 5) is 5.04. The molecule has 2 aromatic rings. The van der Waals surface area contributed by atoms with Crippen LogP contribution in [0.1, 0.15) is 6.42 Å². The normalized spacial score (nSPS) is 10.6. The van der Waals surface area contributed by atoms with Gasteiger partial charge in [0.1, 0.15) is 5.69 Å². The first-order valence-corrected chi connectivity index (χ1v) is 5.27. The van der Waals surface area contributed by atoms with E-state index in [1.807, 2.05) is 10.9 Å². The highest BCUT2D eigenvalue weighted by Crippen LogP contribution is 2.19. The summed E-state index contributed by atoms with van der Waals surface area (Å²) >= 11 is 1.56. The summed E-state index contributed by atoms with van der Waals surface area (Å²) in [6.45, 7) is 1.50. The van der Waals surface area contributed by atoms with Gasteiger partial charge in [-0.15, -0.1) is 16.4 Å². The fraction of sp³-hybridized carbons (Fsp3) is 0.375. The summed E-state index contributed by atoms with van der Waals surface area (Å²) in [7, 11) is 0. The predicted octanol–water partition coefficient (Wildman–Crippen LogP) is 0.750. The molecule has 0 saturated carbocycles.